The molecule has 1 aromatic rings. The van der Waals surface area contributed by atoms with E-state index in [9.17, 15) is 18.3 Å². The summed E-state index contributed by atoms with van der Waals surface area (Å²) >= 11 is 0. The first kappa shape index (κ1) is 15.9. The molecule has 2 heterocycles. The number of carboxylic acids is 1. The van der Waals surface area contributed by atoms with Crippen molar-refractivity contribution in [2.45, 2.75) is 31.8 Å². The van der Waals surface area contributed by atoms with Gasteiger partial charge in [-0.25, -0.2) is 0 Å². The van der Waals surface area contributed by atoms with Gasteiger partial charge < -0.3 is 5.11 Å². The van der Waals surface area contributed by atoms with Crippen LogP contribution < -0.4 is 0 Å². The lowest BCUT2D eigenvalue weighted by molar-refractivity contribution is -0.142. The molecule has 1 saturated heterocycles. The van der Waals surface area contributed by atoms with Crippen LogP contribution in [0.3, 0.4) is 0 Å². The third kappa shape index (κ3) is 3.58. The molecule has 0 radical (unpaired) electrons. The molecular formula is C13H19N3O4S. The van der Waals surface area contributed by atoms with Crippen LogP contribution in [0, 0.1) is 0 Å². The SMILES string of the molecule is CN(Cc1ccccn1)S(=O)(=O)N1CCCCC1C(=O)O. The standard InChI is InChI=1S/C13H19N3O4S/c1-15(10-11-6-2-4-8-14-11)21(19,20)16-9-5-3-7-12(16)13(17)18/h2,4,6,8,12H,3,5,7,9-10H2,1H3,(H,17,18). The maximum Gasteiger partial charge on any atom is 0.322 e. The zero-order chi connectivity index (χ0) is 15.5. The van der Waals surface area contributed by atoms with E-state index in [-0.39, 0.29) is 13.1 Å². The minimum absolute atomic E-state index is 0.117. The molecule has 1 unspecified atom stereocenters. The van der Waals surface area contributed by atoms with Crippen LogP contribution in [0.25, 0.3) is 0 Å². The largest absolute Gasteiger partial charge is 0.480 e. The van der Waals surface area contributed by atoms with E-state index in [0.717, 1.165) is 15.0 Å². The molecule has 1 N–H and O–H groups in total. The van der Waals surface area contributed by atoms with Gasteiger partial charge in [0.2, 0.25) is 0 Å². The highest BCUT2D eigenvalue weighted by molar-refractivity contribution is 7.86. The van der Waals surface area contributed by atoms with E-state index in [2.05, 4.69) is 4.98 Å². The zero-order valence-electron chi connectivity index (χ0n) is 11.8. The molecule has 1 atom stereocenters. The highest BCUT2D eigenvalue weighted by atomic mass is 32.2. The summed E-state index contributed by atoms with van der Waals surface area (Å²) in [7, 11) is -2.37. The minimum atomic E-state index is -3.81. The Labute approximate surface area is 124 Å². The van der Waals surface area contributed by atoms with E-state index in [1.54, 1.807) is 24.4 Å². The number of aliphatic carboxylic acids is 1. The molecule has 2 rings (SSSR count). The second-order valence-electron chi connectivity index (χ2n) is 5.05. The fourth-order valence-corrected chi connectivity index (χ4v) is 3.94. The van der Waals surface area contributed by atoms with Crippen LogP contribution in [0.4, 0.5) is 0 Å². The van der Waals surface area contributed by atoms with Gasteiger partial charge in [-0.2, -0.15) is 17.0 Å². The van der Waals surface area contributed by atoms with Crippen LogP contribution >= 0.6 is 0 Å². The van der Waals surface area contributed by atoms with E-state index >= 15 is 0 Å². The molecule has 0 amide bonds. The minimum Gasteiger partial charge on any atom is -0.480 e. The summed E-state index contributed by atoms with van der Waals surface area (Å²) in [5.41, 5.74) is 0.618. The van der Waals surface area contributed by atoms with Crippen molar-refractivity contribution in [1.82, 2.24) is 13.6 Å². The first-order valence-corrected chi connectivity index (χ1v) is 8.18. The Hall–Kier alpha value is -1.51. The smallest absolute Gasteiger partial charge is 0.322 e. The molecule has 1 aliphatic rings. The van der Waals surface area contributed by atoms with Gasteiger partial charge in [0.05, 0.1) is 12.2 Å². The van der Waals surface area contributed by atoms with Crippen molar-refractivity contribution >= 4 is 16.2 Å². The number of carboxylic acid groups (broad SMARTS) is 1. The van der Waals surface area contributed by atoms with Crippen molar-refractivity contribution in [3.63, 3.8) is 0 Å². The van der Waals surface area contributed by atoms with Crippen molar-refractivity contribution in [3.8, 4) is 0 Å². The zero-order valence-corrected chi connectivity index (χ0v) is 12.7. The Balaban J connectivity index is 2.17. The van der Waals surface area contributed by atoms with Gasteiger partial charge in [-0.15, -0.1) is 0 Å². The number of aromatic nitrogens is 1. The number of hydrogen-bond acceptors (Lipinski definition) is 4. The Bertz CT molecular complexity index is 591. The molecule has 1 aromatic heterocycles. The summed E-state index contributed by atoms with van der Waals surface area (Å²) in [6, 6.07) is 4.29. The van der Waals surface area contributed by atoms with Gasteiger partial charge >= 0.3 is 5.97 Å². The molecule has 1 aliphatic heterocycles. The lowest BCUT2D eigenvalue weighted by Gasteiger charge is -2.34. The van der Waals surface area contributed by atoms with Gasteiger partial charge in [0, 0.05) is 19.8 Å². The molecule has 0 aromatic carbocycles. The van der Waals surface area contributed by atoms with E-state index in [4.69, 9.17) is 0 Å². The molecular weight excluding hydrogens is 294 g/mol. The van der Waals surface area contributed by atoms with Crippen molar-refractivity contribution in [2.75, 3.05) is 13.6 Å². The van der Waals surface area contributed by atoms with Crippen LogP contribution in [-0.4, -0.2) is 52.7 Å². The topological polar surface area (TPSA) is 90.8 Å². The Morgan fingerprint density at radius 2 is 2.24 bits per heavy atom. The number of piperidine rings is 1. The summed E-state index contributed by atoms with van der Waals surface area (Å²) in [5, 5.41) is 9.21. The molecule has 0 bridgehead atoms. The summed E-state index contributed by atoms with van der Waals surface area (Å²) in [6.07, 6.45) is 3.36. The number of pyridine rings is 1. The summed E-state index contributed by atoms with van der Waals surface area (Å²) in [5.74, 6) is -1.09. The number of rotatable bonds is 5. The van der Waals surface area contributed by atoms with Crippen molar-refractivity contribution in [2.24, 2.45) is 0 Å². The van der Waals surface area contributed by atoms with Crippen molar-refractivity contribution in [3.05, 3.63) is 30.1 Å². The normalized spacial score (nSPS) is 20.6. The second kappa shape index (κ2) is 6.50. The predicted octanol–water partition coefficient (Wildman–Crippen LogP) is 0.697. The monoisotopic (exact) mass is 313 g/mol. The third-order valence-corrected chi connectivity index (χ3v) is 5.49. The molecule has 0 aliphatic carbocycles. The maximum absolute atomic E-state index is 12.6. The second-order valence-corrected chi connectivity index (χ2v) is 7.03. The Morgan fingerprint density at radius 3 is 2.86 bits per heavy atom. The summed E-state index contributed by atoms with van der Waals surface area (Å²) < 4.78 is 27.4. The fraction of sp³-hybridized carbons (Fsp3) is 0.538. The average molecular weight is 313 g/mol. The highest BCUT2D eigenvalue weighted by Gasteiger charge is 2.38. The first-order chi connectivity index (χ1) is 9.93. The van der Waals surface area contributed by atoms with Gasteiger partial charge in [0.1, 0.15) is 6.04 Å². The van der Waals surface area contributed by atoms with Crippen molar-refractivity contribution < 1.29 is 18.3 Å². The fourth-order valence-electron chi connectivity index (χ4n) is 2.41. The van der Waals surface area contributed by atoms with Crippen LogP contribution in [-0.2, 0) is 21.5 Å². The Kier molecular flexibility index (Phi) is 4.92. The molecule has 7 nitrogen and oxygen atoms in total. The predicted molar refractivity (Wildman–Crippen MR) is 76.6 cm³/mol. The van der Waals surface area contributed by atoms with Crippen LogP contribution in [0.1, 0.15) is 25.0 Å². The van der Waals surface area contributed by atoms with Gasteiger partial charge in [0.25, 0.3) is 10.2 Å². The van der Waals surface area contributed by atoms with Crippen LogP contribution in [0.2, 0.25) is 0 Å². The van der Waals surface area contributed by atoms with Crippen LogP contribution in [0.5, 0.6) is 0 Å². The summed E-state index contributed by atoms with van der Waals surface area (Å²) in [4.78, 5) is 15.3. The third-order valence-electron chi connectivity index (χ3n) is 3.54. The highest BCUT2D eigenvalue weighted by Crippen LogP contribution is 2.23. The van der Waals surface area contributed by atoms with Gasteiger partial charge in [0.15, 0.2) is 0 Å². The molecule has 1 fully saturated rings. The number of carbonyl (C=O) groups is 1. The van der Waals surface area contributed by atoms with Crippen LogP contribution in [0.15, 0.2) is 24.4 Å². The lowest BCUT2D eigenvalue weighted by atomic mass is 10.1. The number of hydrogen-bond donors (Lipinski definition) is 1. The first-order valence-electron chi connectivity index (χ1n) is 6.79. The van der Waals surface area contributed by atoms with E-state index in [1.165, 1.54) is 7.05 Å². The van der Waals surface area contributed by atoms with Gasteiger partial charge in [-0.1, -0.05) is 6.07 Å². The molecule has 116 valence electrons. The quantitative estimate of drug-likeness (QED) is 0.864. The molecule has 0 saturated carbocycles. The number of nitrogens with zero attached hydrogens (tertiary/aromatic N) is 3. The molecule has 21 heavy (non-hydrogen) atoms. The van der Waals surface area contributed by atoms with E-state index in [0.29, 0.717) is 18.5 Å². The molecule has 0 spiro atoms. The lowest BCUT2D eigenvalue weighted by Crippen LogP contribution is -2.52. The van der Waals surface area contributed by atoms with E-state index in [1.807, 2.05) is 0 Å². The maximum atomic E-state index is 12.6. The summed E-state index contributed by atoms with van der Waals surface area (Å²) in [6.45, 7) is 0.359. The van der Waals surface area contributed by atoms with Gasteiger partial charge in [-0.05, 0) is 31.4 Å². The van der Waals surface area contributed by atoms with Gasteiger partial charge in [-0.3, -0.25) is 9.78 Å². The van der Waals surface area contributed by atoms with Crippen molar-refractivity contribution in [1.29, 1.82) is 0 Å². The average Bonchev–Trinajstić information content (AvgIpc) is 2.48. The van der Waals surface area contributed by atoms with E-state index < -0.39 is 22.2 Å². The molecule has 8 heteroatoms. The Morgan fingerprint density at radius 1 is 1.48 bits per heavy atom.